The number of benzene rings is 1. The molecule has 202 valence electrons. The number of ketones is 1. The third-order valence-corrected chi connectivity index (χ3v) is 5.85. The molecule has 11 nitrogen and oxygen atoms in total. The highest BCUT2D eigenvalue weighted by atomic mass is 16.6. The number of carbonyl (C=O) groups excluding carboxylic acids is 6. The number of imide groups is 1. The average molecular weight is 518 g/mol. The number of hydrogen-bond donors (Lipinski definition) is 3. The molecule has 1 aromatic rings. The van der Waals surface area contributed by atoms with E-state index in [4.69, 9.17) is 9.47 Å². The fraction of sp³-hybridized carbons (Fsp3) is 0.538. The molecule has 3 N–H and O–H groups in total. The van der Waals surface area contributed by atoms with Crippen molar-refractivity contribution in [1.82, 2.24) is 16.0 Å². The van der Waals surface area contributed by atoms with Crippen molar-refractivity contribution in [2.45, 2.75) is 65.6 Å². The van der Waals surface area contributed by atoms with Crippen molar-refractivity contribution >= 4 is 35.6 Å². The molecule has 1 aliphatic rings. The van der Waals surface area contributed by atoms with Crippen molar-refractivity contribution in [2.75, 3.05) is 7.11 Å². The molecule has 37 heavy (non-hydrogen) atoms. The maximum atomic E-state index is 13.1. The molecule has 0 unspecified atom stereocenters. The molecule has 0 radical (unpaired) electrons. The van der Waals surface area contributed by atoms with Gasteiger partial charge in [0.25, 0.3) is 0 Å². The first-order valence-electron chi connectivity index (χ1n) is 12.0. The van der Waals surface area contributed by atoms with Crippen LogP contribution in [0.25, 0.3) is 0 Å². The van der Waals surface area contributed by atoms with Gasteiger partial charge in [-0.15, -0.1) is 0 Å². The number of hydrogen-bond acceptors (Lipinski definition) is 8. The fourth-order valence-corrected chi connectivity index (χ4v) is 3.92. The van der Waals surface area contributed by atoms with Gasteiger partial charge in [-0.25, -0.2) is 9.59 Å². The lowest BCUT2D eigenvalue weighted by molar-refractivity contribution is -0.137. The highest BCUT2D eigenvalue weighted by Gasteiger charge is 2.46. The van der Waals surface area contributed by atoms with Crippen molar-refractivity contribution in [2.24, 2.45) is 17.8 Å². The van der Waals surface area contributed by atoms with Crippen molar-refractivity contribution < 1.29 is 38.2 Å². The van der Waals surface area contributed by atoms with Gasteiger partial charge in [-0.3, -0.25) is 24.5 Å². The SMILES string of the molecule is COC(=O)c1ccc([C@H](CC(=O)N[C@H](C(=O)[C@@H]2C(=O)NC(=O)[C@H]2C)C(C)C)NC(=O)OC(C)(C)C)cc1. The number of rotatable bonds is 9. The summed E-state index contributed by atoms with van der Waals surface area (Å²) in [5, 5.41) is 7.47. The molecule has 1 saturated heterocycles. The smallest absolute Gasteiger partial charge is 0.408 e. The predicted molar refractivity (Wildman–Crippen MR) is 132 cm³/mol. The molecular weight excluding hydrogens is 482 g/mol. The number of esters is 1. The van der Waals surface area contributed by atoms with Gasteiger partial charge in [0, 0.05) is 0 Å². The maximum absolute atomic E-state index is 13.1. The van der Waals surface area contributed by atoms with Crippen LogP contribution in [-0.2, 0) is 28.7 Å². The second kappa shape index (κ2) is 12.0. The standard InChI is InChI=1S/C26H35N3O8/c1-13(2)20(21(31)19-14(3)22(32)29-23(19)33)28-18(30)12-17(27-25(35)37-26(4,5)6)15-8-10-16(11-9-15)24(34)36-7/h8-11,13-14,17,19-20H,12H2,1-7H3,(H,27,35)(H,28,30)(H,29,32,33)/t14-,17-,19+,20-/m0/s1. The van der Waals surface area contributed by atoms with Crippen LogP contribution in [0.2, 0.25) is 0 Å². The van der Waals surface area contributed by atoms with Crippen molar-refractivity contribution in [3.8, 4) is 0 Å². The summed E-state index contributed by atoms with van der Waals surface area (Å²) >= 11 is 0. The lowest BCUT2D eigenvalue weighted by Crippen LogP contribution is -2.49. The summed E-state index contributed by atoms with van der Waals surface area (Å²) < 4.78 is 10.0. The Morgan fingerprint density at radius 1 is 1.00 bits per heavy atom. The highest BCUT2D eigenvalue weighted by molar-refractivity contribution is 6.16. The molecule has 4 amide bonds. The lowest BCUT2D eigenvalue weighted by Gasteiger charge is -2.26. The minimum absolute atomic E-state index is 0.265. The molecule has 1 aromatic carbocycles. The Labute approximate surface area is 216 Å². The Hall–Kier alpha value is -3.76. The minimum atomic E-state index is -1.19. The second-order valence-corrected chi connectivity index (χ2v) is 10.3. The van der Waals surface area contributed by atoms with Crippen LogP contribution in [0.4, 0.5) is 4.79 Å². The van der Waals surface area contributed by atoms with E-state index in [1.807, 2.05) is 0 Å². The third-order valence-electron chi connectivity index (χ3n) is 5.85. The largest absolute Gasteiger partial charge is 0.465 e. The van der Waals surface area contributed by atoms with Gasteiger partial charge in [0.15, 0.2) is 5.78 Å². The summed E-state index contributed by atoms with van der Waals surface area (Å²) in [6, 6.07) is 4.26. The van der Waals surface area contributed by atoms with E-state index in [0.29, 0.717) is 5.56 Å². The molecule has 4 atom stereocenters. The highest BCUT2D eigenvalue weighted by Crippen LogP contribution is 2.24. The molecule has 1 aliphatic heterocycles. The molecule has 0 bridgehead atoms. The number of Topliss-reactive ketones (excluding diaryl/α,β-unsaturated/α-hetero) is 1. The van der Waals surface area contributed by atoms with Crippen LogP contribution in [0.1, 0.15) is 69.9 Å². The summed E-state index contributed by atoms with van der Waals surface area (Å²) in [5.41, 5.74) is 0.0164. The topological polar surface area (TPSA) is 157 Å². The first-order valence-corrected chi connectivity index (χ1v) is 12.0. The number of alkyl carbamates (subject to hydrolysis) is 1. The van der Waals surface area contributed by atoms with Crippen LogP contribution in [0.15, 0.2) is 24.3 Å². The maximum Gasteiger partial charge on any atom is 0.408 e. The molecule has 1 fully saturated rings. The van der Waals surface area contributed by atoms with Crippen LogP contribution >= 0.6 is 0 Å². The van der Waals surface area contributed by atoms with Crippen molar-refractivity contribution in [3.63, 3.8) is 0 Å². The van der Waals surface area contributed by atoms with E-state index in [2.05, 4.69) is 16.0 Å². The number of carbonyl (C=O) groups is 6. The van der Waals surface area contributed by atoms with E-state index < -0.39 is 65.1 Å². The molecule has 0 spiro atoms. The van der Waals surface area contributed by atoms with Gasteiger partial charge in [-0.05, 0) is 44.4 Å². The summed E-state index contributed by atoms with van der Waals surface area (Å²) in [7, 11) is 1.26. The van der Waals surface area contributed by atoms with Gasteiger partial charge in [-0.1, -0.05) is 32.9 Å². The van der Waals surface area contributed by atoms with Gasteiger partial charge in [0.05, 0.1) is 37.1 Å². The zero-order valence-electron chi connectivity index (χ0n) is 22.2. The third kappa shape index (κ3) is 7.86. The summed E-state index contributed by atoms with van der Waals surface area (Å²) in [4.78, 5) is 74.5. The Balaban J connectivity index is 2.25. The molecular formula is C26H35N3O8. The van der Waals surface area contributed by atoms with E-state index >= 15 is 0 Å². The predicted octanol–water partition coefficient (Wildman–Crippen LogP) is 2.05. The Morgan fingerprint density at radius 2 is 1.59 bits per heavy atom. The number of nitrogens with one attached hydrogen (secondary N) is 3. The normalized spacial score (nSPS) is 19.0. The molecule has 0 saturated carbocycles. The van der Waals surface area contributed by atoms with Gasteiger partial charge in [0.1, 0.15) is 11.5 Å². The molecule has 1 heterocycles. The van der Waals surface area contributed by atoms with E-state index in [1.165, 1.54) is 26.2 Å². The molecule has 11 heteroatoms. The first-order chi connectivity index (χ1) is 17.1. The number of ether oxygens (including phenoxy) is 2. The molecule has 2 rings (SSSR count). The molecule has 0 aromatic heterocycles. The average Bonchev–Trinajstić information content (AvgIpc) is 3.05. The van der Waals surface area contributed by atoms with Gasteiger partial charge >= 0.3 is 12.1 Å². The van der Waals surface area contributed by atoms with Crippen LogP contribution in [0.3, 0.4) is 0 Å². The zero-order valence-corrected chi connectivity index (χ0v) is 22.2. The lowest BCUT2D eigenvalue weighted by atomic mass is 9.85. The van der Waals surface area contributed by atoms with Crippen LogP contribution < -0.4 is 16.0 Å². The molecule has 0 aliphatic carbocycles. The fourth-order valence-electron chi connectivity index (χ4n) is 3.92. The monoisotopic (exact) mass is 517 g/mol. The van der Waals surface area contributed by atoms with Crippen LogP contribution in [0.5, 0.6) is 0 Å². The van der Waals surface area contributed by atoms with Crippen LogP contribution in [0, 0.1) is 17.8 Å². The summed E-state index contributed by atoms with van der Waals surface area (Å²) in [6.45, 7) is 10.0. The number of amides is 4. The van der Waals surface area contributed by atoms with E-state index in [1.54, 1.807) is 46.8 Å². The van der Waals surface area contributed by atoms with Gasteiger partial charge < -0.3 is 20.1 Å². The zero-order chi connectivity index (χ0) is 28.1. The summed E-state index contributed by atoms with van der Waals surface area (Å²) in [5.74, 6) is -5.28. The Bertz CT molecular complexity index is 1060. The Kier molecular flexibility index (Phi) is 9.55. The second-order valence-electron chi connectivity index (χ2n) is 10.3. The minimum Gasteiger partial charge on any atom is -0.465 e. The van der Waals surface area contributed by atoms with E-state index in [9.17, 15) is 28.8 Å². The number of methoxy groups -OCH3 is 1. The van der Waals surface area contributed by atoms with Gasteiger partial charge in [0.2, 0.25) is 17.7 Å². The Morgan fingerprint density at radius 3 is 2.05 bits per heavy atom. The van der Waals surface area contributed by atoms with Crippen molar-refractivity contribution in [1.29, 1.82) is 0 Å². The van der Waals surface area contributed by atoms with Crippen molar-refractivity contribution in [3.05, 3.63) is 35.4 Å². The van der Waals surface area contributed by atoms with Crippen LogP contribution in [-0.4, -0.2) is 54.3 Å². The van der Waals surface area contributed by atoms with Gasteiger partial charge in [-0.2, -0.15) is 0 Å². The van der Waals surface area contributed by atoms with E-state index in [-0.39, 0.29) is 17.9 Å². The first kappa shape index (κ1) is 29.5. The quantitative estimate of drug-likeness (QED) is 0.255. The summed E-state index contributed by atoms with van der Waals surface area (Å²) in [6.07, 6.45) is -1.02. The van der Waals surface area contributed by atoms with E-state index in [0.717, 1.165) is 0 Å².